The molecule has 1 N–H and O–H groups in total. The molecule has 0 unspecified atom stereocenters. The highest BCUT2D eigenvalue weighted by Gasteiger charge is 2.28. The summed E-state index contributed by atoms with van der Waals surface area (Å²) in [5.74, 6) is 3.46. The summed E-state index contributed by atoms with van der Waals surface area (Å²) in [5, 5.41) is 3.42. The zero-order chi connectivity index (χ0) is 13.2. The smallest absolute Gasteiger partial charge is 0.143 e. The van der Waals surface area contributed by atoms with Crippen LogP contribution in [0.2, 0.25) is 0 Å². The van der Waals surface area contributed by atoms with Crippen LogP contribution >= 0.6 is 22.6 Å². The first-order valence-corrected chi connectivity index (χ1v) is 8.68. The van der Waals surface area contributed by atoms with Crippen LogP contribution < -0.4 is 5.32 Å². The molecule has 0 aliphatic heterocycles. The largest absolute Gasteiger partial charge is 0.369 e. The molecule has 3 nitrogen and oxygen atoms in total. The summed E-state index contributed by atoms with van der Waals surface area (Å²) in [4.78, 5) is 9.75. The van der Waals surface area contributed by atoms with Crippen molar-refractivity contribution in [2.45, 2.75) is 63.7 Å². The minimum absolute atomic E-state index is 0.620. The maximum Gasteiger partial charge on any atom is 0.143 e. The Morgan fingerprint density at radius 1 is 1.05 bits per heavy atom. The Labute approximate surface area is 129 Å². The van der Waals surface area contributed by atoms with E-state index < -0.39 is 0 Å². The Morgan fingerprint density at radius 2 is 1.74 bits per heavy atom. The Morgan fingerprint density at radius 3 is 2.32 bits per heavy atom. The molecule has 1 heterocycles. The molecule has 19 heavy (non-hydrogen) atoms. The van der Waals surface area contributed by atoms with Crippen molar-refractivity contribution < 1.29 is 0 Å². The lowest BCUT2D eigenvalue weighted by Crippen LogP contribution is -2.17. The standard InChI is InChI=1S/C15H22IN3/c1-2-17-15-12(16)13(10-6-3-4-7-10)18-14(19-15)11-8-5-9-11/h10-11H,2-9H2,1H3,(H,17,18,19). The molecule has 0 atom stereocenters. The van der Waals surface area contributed by atoms with Gasteiger partial charge in [0, 0.05) is 18.4 Å². The van der Waals surface area contributed by atoms with Gasteiger partial charge in [-0.2, -0.15) is 0 Å². The molecule has 0 radical (unpaired) electrons. The van der Waals surface area contributed by atoms with E-state index in [1.165, 1.54) is 54.2 Å². The maximum atomic E-state index is 4.96. The molecular weight excluding hydrogens is 349 g/mol. The van der Waals surface area contributed by atoms with Crippen LogP contribution in [0.3, 0.4) is 0 Å². The number of aromatic nitrogens is 2. The van der Waals surface area contributed by atoms with Crippen LogP contribution in [0.1, 0.15) is 75.2 Å². The number of rotatable bonds is 4. The van der Waals surface area contributed by atoms with E-state index in [-0.39, 0.29) is 0 Å². The molecule has 2 saturated carbocycles. The number of nitrogens with one attached hydrogen (secondary N) is 1. The fourth-order valence-corrected chi connectivity index (χ4v) is 3.96. The number of halogens is 1. The van der Waals surface area contributed by atoms with Gasteiger partial charge in [-0.1, -0.05) is 19.3 Å². The summed E-state index contributed by atoms with van der Waals surface area (Å²) >= 11 is 2.44. The Kier molecular flexibility index (Phi) is 4.24. The number of hydrogen-bond acceptors (Lipinski definition) is 3. The van der Waals surface area contributed by atoms with Crippen molar-refractivity contribution in [1.82, 2.24) is 9.97 Å². The zero-order valence-electron chi connectivity index (χ0n) is 11.6. The van der Waals surface area contributed by atoms with E-state index in [1.807, 2.05) is 0 Å². The van der Waals surface area contributed by atoms with Crippen molar-refractivity contribution in [3.8, 4) is 0 Å². The van der Waals surface area contributed by atoms with Crippen LogP contribution in [0.4, 0.5) is 5.82 Å². The third-order valence-corrected chi connectivity index (χ3v) is 5.51. The molecule has 1 aromatic heterocycles. The summed E-state index contributed by atoms with van der Waals surface area (Å²) in [6.45, 7) is 3.07. The third kappa shape index (κ3) is 2.73. The molecule has 2 fully saturated rings. The molecule has 104 valence electrons. The molecule has 0 amide bonds. The van der Waals surface area contributed by atoms with Gasteiger partial charge in [0.05, 0.1) is 9.26 Å². The summed E-state index contributed by atoms with van der Waals surface area (Å²) in [6, 6.07) is 0. The second-order valence-corrected chi connectivity index (χ2v) is 6.85. The molecule has 3 rings (SSSR count). The Balaban J connectivity index is 1.97. The van der Waals surface area contributed by atoms with E-state index in [0.717, 1.165) is 18.2 Å². The molecule has 1 aromatic rings. The SMILES string of the molecule is CCNc1nc(C2CCC2)nc(C2CCCC2)c1I. The van der Waals surface area contributed by atoms with Crippen LogP contribution in [0.15, 0.2) is 0 Å². The molecular formula is C15H22IN3. The lowest BCUT2D eigenvalue weighted by atomic mass is 9.84. The fourth-order valence-electron chi connectivity index (χ4n) is 3.09. The average molecular weight is 371 g/mol. The van der Waals surface area contributed by atoms with Gasteiger partial charge in [-0.25, -0.2) is 9.97 Å². The third-order valence-electron chi connectivity index (χ3n) is 4.45. The second-order valence-electron chi connectivity index (χ2n) is 5.77. The number of nitrogens with zero attached hydrogens (tertiary/aromatic N) is 2. The molecule has 2 aliphatic rings. The van der Waals surface area contributed by atoms with Crippen molar-refractivity contribution in [1.29, 1.82) is 0 Å². The van der Waals surface area contributed by atoms with Gasteiger partial charge in [-0.05, 0) is 55.2 Å². The van der Waals surface area contributed by atoms with E-state index >= 15 is 0 Å². The van der Waals surface area contributed by atoms with Crippen molar-refractivity contribution >= 4 is 28.4 Å². The summed E-state index contributed by atoms with van der Waals surface area (Å²) < 4.78 is 1.26. The van der Waals surface area contributed by atoms with E-state index in [0.29, 0.717) is 11.8 Å². The van der Waals surface area contributed by atoms with Crippen molar-refractivity contribution in [3.05, 3.63) is 15.1 Å². The lowest BCUT2D eigenvalue weighted by Gasteiger charge is -2.26. The predicted molar refractivity (Wildman–Crippen MR) is 86.7 cm³/mol. The quantitative estimate of drug-likeness (QED) is 0.796. The Bertz CT molecular complexity index is 451. The van der Waals surface area contributed by atoms with E-state index in [9.17, 15) is 0 Å². The lowest BCUT2D eigenvalue weighted by molar-refractivity contribution is 0.399. The minimum Gasteiger partial charge on any atom is -0.369 e. The van der Waals surface area contributed by atoms with Gasteiger partial charge in [0.2, 0.25) is 0 Å². The topological polar surface area (TPSA) is 37.8 Å². The van der Waals surface area contributed by atoms with Crippen LogP contribution in [-0.2, 0) is 0 Å². The van der Waals surface area contributed by atoms with Gasteiger partial charge >= 0.3 is 0 Å². The van der Waals surface area contributed by atoms with Gasteiger partial charge in [0.1, 0.15) is 11.6 Å². The van der Waals surface area contributed by atoms with Crippen LogP contribution in [0.25, 0.3) is 0 Å². The maximum absolute atomic E-state index is 4.96. The average Bonchev–Trinajstić information content (AvgIpc) is 2.84. The van der Waals surface area contributed by atoms with Crippen molar-refractivity contribution in [2.75, 3.05) is 11.9 Å². The normalized spacial score (nSPS) is 20.5. The van der Waals surface area contributed by atoms with Crippen LogP contribution in [0, 0.1) is 3.57 Å². The van der Waals surface area contributed by atoms with E-state index in [4.69, 9.17) is 9.97 Å². The first kappa shape index (κ1) is 13.6. The first-order chi connectivity index (χ1) is 9.29. The van der Waals surface area contributed by atoms with E-state index in [2.05, 4.69) is 34.8 Å². The molecule has 0 saturated heterocycles. The van der Waals surface area contributed by atoms with Gasteiger partial charge in [0.25, 0.3) is 0 Å². The molecule has 4 heteroatoms. The number of hydrogen-bond donors (Lipinski definition) is 1. The second kappa shape index (κ2) is 5.94. The van der Waals surface area contributed by atoms with E-state index in [1.54, 1.807) is 0 Å². The van der Waals surface area contributed by atoms with Crippen molar-refractivity contribution in [2.24, 2.45) is 0 Å². The summed E-state index contributed by atoms with van der Waals surface area (Å²) in [6.07, 6.45) is 9.23. The predicted octanol–water partition coefficient (Wildman–Crippen LogP) is 4.44. The van der Waals surface area contributed by atoms with Gasteiger partial charge in [-0.3, -0.25) is 0 Å². The highest BCUT2D eigenvalue weighted by molar-refractivity contribution is 14.1. The first-order valence-electron chi connectivity index (χ1n) is 7.60. The highest BCUT2D eigenvalue weighted by Crippen LogP contribution is 2.40. The van der Waals surface area contributed by atoms with Gasteiger partial charge in [0.15, 0.2) is 0 Å². The van der Waals surface area contributed by atoms with Gasteiger partial charge < -0.3 is 5.32 Å². The monoisotopic (exact) mass is 371 g/mol. The summed E-state index contributed by atoms with van der Waals surface area (Å²) in [7, 11) is 0. The molecule has 0 spiro atoms. The minimum atomic E-state index is 0.620. The summed E-state index contributed by atoms with van der Waals surface area (Å²) in [5.41, 5.74) is 1.32. The van der Waals surface area contributed by atoms with Crippen LogP contribution in [0.5, 0.6) is 0 Å². The molecule has 2 aliphatic carbocycles. The van der Waals surface area contributed by atoms with Gasteiger partial charge in [-0.15, -0.1) is 0 Å². The fraction of sp³-hybridized carbons (Fsp3) is 0.733. The zero-order valence-corrected chi connectivity index (χ0v) is 13.7. The van der Waals surface area contributed by atoms with Crippen LogP contribution in [-0.4, -0.2) is 16.5 Å². The van der Waals surface area contributed by atoms with Crippen molar-refractivity contribution in [3.63, 3.8) is 0 Å². The Hall–Kier alpha value is -0.390. The highest BCUT2D eigenvalue weighted by atomic mass is 127. The molecule has 0 aromatic carbocycles. The number of anilines is 1. The molecule has 0 bridgehead atoms.